The van der Waals surface area contributed by atoms with E-state index in [1.54, 1.807) is 12.1 Å². The lowest BCUT2D eigenvalue weighted by Crippen LogP contribution is -2.36. The summed E-state index contributed by atoms with van der Waals surface area (Å²) < 4.78 is 49.6. The molecule has 0 saturated heterocycles. The number of methoxy groups -OCH3 is 1. The summed E-state index contributed by atoms with van der Waals surface area (Å²) in [4.78, 5) is 25.0. The van der Waals surface area contributed by atoms with Gasteiger partial charge in [0.2, 0.25) is 0 Å². The topological polar surface area (TPSA) is 84.9 Å². The Bertz CT molecular complexity index is 1260. The molecule has 0 aliphatic rings. The Kier molecular flexibility index (Phi) is 9.22. The van der Waals surface area contributed by atoms with Crippen LogP contribution < -0.4 is 10.1 Å². The Morgan fingerprint density at radius 1 is 1.03 bits per heavy atom. The predicted octanol–water partition coefficient (Wildman–Crippen LogP) is 6.09. The second kappa shape index (κ2) is 12.0. The van der Waals surface area contributed by atoms with E-state index in [0.717, 1.165) is 40.8 Å². The van der Waals surface area contributed by atoms with E-state index >= 15 is 0 Å². The highest BCUT2D eigenvalue weighted by Crippen LogP contribution is 2.37. The average molecular weight is 550 g/mol. The lowest BCUT2D eigenvalue weighted by molar-refractivity contribution is -0.149. The average Bonchev–Trinajstić information content (AvgIpc) is 3.34. The smallest absolute Gasteiger partial charge is 0.416 e. The molecule has 2 unspecified atom stereocenters. The second-order valence-corrected chi connectivity index (χ2v) is 10.4. The van der Waals surface area contributed by atoms with Crippen LogP contribution in [0, 0.1) is 19.8 Å². The number of hydrogen-bond acceptors (Lipinski definition) is 6. The molecule has 0 aliphatic carbocycles. The Balaban J connectivity index is 1.78. The number of carbonyl (C=O) groups excluding carboxylic acids is 2. The van der Waals surface area contributed by atoms with Crippen LogP contribution in [-0.4, -0.2) is 36.7 Å². The molecule has 10 heteroatoms. The van der Waals surface area contributed by atoms with E-state index in [-0.39, 0.29) is 18.6 Å². The number of esters is 1. The van der Waals surface area contributed by atoms with Crippen molar-refractivity contribution in [2.45, 2.75) is 46.1 Å². The van der Waals surface area contributed by atoms with Crippen molar-refractivity contribution < 1.29 is 37.3 Å². The molecule has 1 aromatic heterocycles. The van der Waals surface area contributed by atoms with Crippen LogP contribution in [0.1, 0.15) is 51.2 Å². The van der Waals surface area contributed by atoms with Gasteiger partial charge in [-0.15, -0.1) is 11.3 Å². The van der Waals surface area contributed by atoms with Crippen molar-refractivity contribution in [2.75, 3.05) is 13.7 Å². The second-order valence-electron chi connectivity index (χ2n) is 9.24. The van der Waals surface area contributed by atoms with Crippen molar-refractivity contribution in [3.63, 3.8) is 0 Å². The fourth-order valence-corrected chi connectivity index (χ4v) is 5.19. The molecule has 38 heavy (non-hydrogen) atoms. The molecule has 204 valence electrons. The third kappa shape index (κ3) is 6.93. The first kappa shape index (κ1) is 29.2. The SMILES string of the molecule is COC(=O)C(O)CNC(=O)c1ccc(C(Oc2cc(C)c(-c3ccc(C(F)(F)F)cc3)c(C)c2)C(C)C)s1. The van der Waals surface area contributed by atoms with Crippen molar-refractivity contribution in [3.05, 3.63) is 75.0 Å². The molecule has 0 saturated carbocycles. The zero-order valence-electron chi connectivity index (χ0n) is 21.7. The van der Waals surface area contributed by atoms with Crippen LogP contribution >= 0.6 is 11.3 Å². The van der Waals surface area contributed by atoms with Gasteiger partial charge in [0.1, 0.15) is 11.9 Å². The normalized spacial score (nSPS) is 13.2. The van der Waals surface area contributed by atoms with Crippen molar-refractivity contribution in [2.24, 2.45) is 5.92 Å². The van der Waals surface area contributed by atoms with Gasteiger partial charge in [-0.2, -0.15) is 13.2 Å². The number of ether oxygens (including phenoxy) is 2. The van der Waals surface area contributed by atoms with Crippen molar-refractivity contribution in [3.8, 4) is 16.9 Å². The number of carbonyl (C=O) groups is 2. The third-order valence-electron chi connectivity index (χ3n) is 5.94. The zero-order chi connectivity index (χ0) is 28.2. The summed E-state index contributed by atoms with van der Waals surface area (Å²) in [5, 5.41) is 12.2. The minimum Gasteiger partial charge on any atom is -0.485 e. The first-order valence-corrected chi connectivity index (χ1v) is 12.7. The van der Waals surface area contributed by atoms with Crippen LogP contribution in [0.25, 0.3) is 11.1 Å². The van der Waals surface area contributed by atoms with E-state index in [1.165, 1.54) is 23.5 Å². The number of rotatable bonds is 9. The summed E-state index contributed by atoms with van der Waals surface area (Å²) in [5.41, 5.74) is 2.55. The van der Waals surface area contributed by atoms with Crippen LogP contribution in [0.4, 0.5) is 13.2 Å². The summed E-state index contributed by atoms with van der Waals surface area (Å²) in [7, 11) is 1.15. The summed E-state index contributed by atoms with van der Waals surface area (Å²) in [6.07, 6.45) is -6.20. The number of halogens is 3. The number of aliphatic hydroxyl groups is 1. The highest BCUT2D eigenvalue weighted by atomic mass is 32.1. The minimum absolute atomic E-state index is 0.0564. The standard InChI is InChI=1S/C28H30F3NO5S/c1-15(2)25(22-10-11-23(38-22)26(34)32-14-21(33)27(35)36-5)37-20-12-16(3)24(17(4)13-20)18-6-8-19(9-7-18)28(29,30)31/h6-13,15,21,25,33H,14H2,1-5H3,(H,32,34). The summed E-state index contributed by atoms with van der Waals surface area (Å²) in [6.45, 7) is 7.48. The molecule has 2 N–H and O–H groups in total. The molecule has 6 nitrogen and oxygen atoms in total. The Morgan fingerprint density at radius 3 is 2.16 bits per heavy atom. The maximum atomic E-state index is 13.0. The summed E-state index contributed by atoms with van der Waals surface area (Å²) in [6, 6.07) is 12.3. The molecule has 2 aromatic carbocycles. The van der Waals surface area contributed by atoms with Gasteiger partial charge >= 0.3 is 12.1 Å². The van der Waals surface area contributed by atoms with Crippen LogP contribution in [0.3, 0.4) is 0 Å². The fourth-order valence-electron chi connectivity index (χ4n) is 4.07. The van der Waals surface area contributed by atoms with Gasteiger partial charge < -0.3 is 19.9 Å². The summed E-state index contributed by atoms with van der Waals surface area (Å²) >= 11 is 1.25. The number of alkyl halides is 3. The molecule has 3 aromatic rings. The lowest BCUT2D eigenvalue weighted by Gasteiger charge is -2.23. The minimum atomic E-state index is -4.39. The van der Waals surface area contributed by atoms with Gasteiger partial charge in [-0.25, -0.2) is 4.79 Å². The number of nitrogens with one attached hydrogen (secondary N) is 1. The van der Waals surface area contributed by atoms with Crippen LogP contribution in [-0.2, 0) is 15.7 Å². The lowest BCUT2D eigenvalue weighted by atomic mass is 9.94. The molecule has 3 rings (SSSR count). The number of aliphatic hydroxyl groups excluding tert-OH is 1. The first-order valence-electron chi connectivity index (χ1n) is 11.9. The van der Waals surface area contributed by atoms with E-state index in [2.05, 4.69) is 10.1 Å². The Hall–Kier alpha value is -3.37. The van der Waals surface area contributed by atoms with Crippen molar-refractivity contribution >= 4 is 23.2 Å². The van der Waals surface area contributed by atoms with Gasteiger partial charge in [-0.3, -0.25) is 4.79 Å². The molecule has 0 aliphatic heterocycles. The van der Waals surface area contributed by atoms with Gasteiger partial charge in [0.15, 0.2) is 6.10 Å². The number of amides is 1. The molecular formula is C28H30F3NO5S. The van der Waals surface area contributed by atoms with Crippen LogP contribution in [0.15, 0.2) is 48.5 Å². The molecule has 0 radical (unpaired) electrons. The van der Waals surface area contributed by atoms with Crippen LogP contribution in [0.5, 0.6) is 5.75 Å². The van der Waals surface area contributed by atoms with Crippen molar-refractivity contribution in [1.82, 2.24) is 5.32 Å². The molecule has 0 fully saturated rings. The van der Waals surface area contributed by atoms with Gasteiger partial charge in [0.05, 0.1) is 24.1 Å². The van der Waals surface area contributed by atoms with E-state index < -0.39 is 29.7 Å². The highest BCUT2D eigenvalue weighted by Gasteiger charge is 2.30. The largest absolute Gasteiger partial charge is 0.485 e. The highest BCUT2D eigenvalue weighted by molar-refractivity contribution is 7.14. The van der Waals surface area contributed by atoms with E-state index in [4.69, 9.17) is 4.74 Å². The summed E-state index contributed by atoms with van der Waals surface area (Å²) in [5.74, 6) is -0.601. The number of hydrogen-bond donors (Lipinski definition) is 2. The fraction of sp³-hybridized carbons (Fsp3) is 0.357. The monoisotopic (exact) mass is 549 g/mol. The van der Waals surface area contributed by atoms with Gasteiger partial charge in [0, 0.05) is 4.88 Å². The van der Waals surface area contributed by atoms with E-state index in [9.17, 15) is 27.9 Å². The molecule has 0 bridgehead atoms. The number of aryl methyl sites for hydroxylation is 2. The van der Waals surface area contributed by atoms with Gasteiger partial charge in [-0.05, 0) is 78.4 Å². The molecular weight excluding hydrogens is 519 g/mol. The third-order valence-corrected chi connectivity index (χ3v) is 7.08. The molecule has 0 spiro atoms. The maximum Gasteiger partial charge on any atom is 0.416 e. The Morgan fingerprint density at radius 2 is 1.63 bits per heavy atom. The number of benzene rings is 2. The molecule has 2 atom stereocenters. The molecule has 1 amide bonds. The quantitative estimate of drug-likeness (QED) is 0.316. The number of thiophene rings is 1. The van der Waals surface area contributed by atoms with Gasteiger partial charge in [-0.1, -0.05) is 26.0 Å². The first-order chi connectivity index (χ1) is 17.8. The van der Waals surface area contributed by atoms with Crippen molar-refractivity contribution in [1.29, 1.82) is 0 Å². The van der Waals surface area contributed by atoms with Gasteiger partial charge in [0.25, 0.3) is 5.91 Å². The zero-order valence-corrected chi connectivity index (χ0v) is 22.5. The Labute approximate surface area is 223 Å². The predicted molar refractivity (Wildman–Crippen MR) is 139 cm³/mol. The van der Waals surface area contributed by atoms with E-state index in [1.807, 2.05) is 39.8 Å². The van der Waals surface area contributed by atoms with E-state index in [0.29, 0.717) is 16.2 Å². The molecule has 1 heterocycles. The maximum absolute atomic E-state index is 13.0. The van der Waals surface area contributed by atoms with Crippen LogP contribution in [0.2, 0.25) is 0 Å².